The van der Waals surface area contributed by atoms with E-state index in [2.05, 4.69) is 17.5 Å². The summed E-state index contributed by atoms with van der Waals surface area (Å²) in [4.78, 5) is 41.8. The zero-order valence-electron chi connectivity index (χ0n) is 27.6. The number of para-hydroxylation sites is 1. The third kappa shape index (κ3) is 6.61. The second-order valence-corrected chi connectivity index (χ2v) is 11.0. The number of rotatable bonds is 10. The normalized spacial score (nSPS) is 13.9. The number of anilines is 2. The van der Waals surface area contributed by atoms with E-state index in [9.17, 15) is 24.9 Å². The molecule has 4 aromatic rings. The average molecular weight is 668 g/mol. The molecule has 50 heavy (non-hydrogen) atoms. The average Bonchev–Trinajstić information content (AvgIpc) is 3.16. The van der Waals surface area contributed by atoms with Crippen molar-refractivity contribution in [2.24, 2.45) is 5.73 Å². The number of allylic oxidation sites excluding steroid dienone is 1. The molecule has 1 unspecified atom stereocenters. The molecule has 1 atom stereocenters. The highest BCUT2D eigenvalue weighted by atomic mass is 16.5. The molecule has 250 valence electrons. The van der Waals surface area contributed by atoms with Gasteiger partial charge in [0.15, 0.2) is 0 Å². The first-order chi connectivity index (χ1) is 24.3. The summed E-state index contributed by atoms with van der Waals surface area (Å²) < 4.78 is 15.7. The van der Waals surface area contributed by atoms with Gasteiger partial charge in [0.05, 0.1) is 72.5 Å². The van der Waals surface area contributed by atoms with Gasteiger partial charge in [-0.25, -0.2) is 14.4 Å². The molecule has 0 spiro atoms. The van der Waals surface area contributed by atoms with Crippen LogP contribution in [0.3, 0.4) is 0 Å². The van der Waals surface area contributed by atoms with Crippen molar-refractivity contribution in [3.05, 3.63) is 142 Å². The van der Waals surface area contributed by atoms with E-state index in [-0.39, 0.29) is 52.8 Å². The molecule has 0 saturated heterocycles. The molecule has 0 bridgehead atoms. The van der Waals surface area contributed by atoms with Crippen LogP contribution in [0.4, 0.5) is 11.4 Å². The molecule has 0 aliphatic carbocycles. The maximum Gasteiger partial charge on any atom is 0.355 e. The number of nitrogens with one attached hydrogen (secondary N) is 1. The third-order valence-electron chi connectivity index (χ3n) is 8.17. The predicted octanol–water partition coefficient (Wildman–Crippen LogP) is 5.91. The minimum atomic E-state index is -1.06. The van der Waals surface area contributed by atoms with E-state index in [1.54, 1.807) is 67.6 Å². The van der Waals surface area contributed by atoms with Crippen molar-refractivity contribution in [1.82, 2.24) is 0 Å². The van der Waals surface area contributed by atoms with E-state index in [1.165, 1.54) is 12.0 Å². The van der Waals surface area contributed by atoms with Gasteiger partial charge in [0.1, 0.15) is 11.5 Å². The van der Waals surface area contributed by atoms with E-state index in [0.717, 1.165) is 23.8 Å². The van der Waals surface area contributed by atoms with Gasteiger partial charge in [-0.05, 0) is 47.4 Å². The Balaban J connectivity index is 1.68. The van der Waals surface area contributed by atoms with Crippen molar-refractivity contribution < 1.29 is 28.6 Å². The van der Waals surface area contributed by atoms with Crippen molar-refractivity contribution >= 4 is 29.3 Å². The maximum atomic E-state index is 13.7. The van der Waals surface area contributed by atoms with Crippen LogP contribution >= 0.6 is 0 Å². The van der Waals surface area contributed by atoms with Crippen LogP contribution in [0.1, 0.15) is 39.9 Å². The Hall–Kier alpha value is -6.85. The van der Waals surface area contributed by atoms with Gasteiger partial charge in [-0.1, -0.05) is 78.9 Å². The number of benzene rings is 4. The highest BCUT2D eigenvalue weighted by molar-refractivity contribution is 6.08. The summed E-state index contributed by atoms with van der Waals surface area (Å²) in [6.07, 6.45) is 0. The smallest absolute Gasteiger partial charge is 0.355 e. The fraction of sp³-hybridized carbons (Fsp3) is 0.154. The van der Waals surface area contributed by atoms with Crippen LogP contribution in [0.2, 0.25) is 0 Å². The third-order valence-corrected chi connectivity index (χ3v) is 8.17. The van der Waals surface area contributed by atoms with Crippen LogP contribution in [0.25, 0.3) is 11.1 Å². The SMILES string of the molecule is CCOC(=O)c1cccc(N2C(N)=C(C#N)C(c3ccccc3)C(C(=O)OC)=C2C(=O)OC)c1NCc1ccc(-c2ccccc2C#N)cc1. The molecular weight excluding hydrogens is 634 g/mol. The van der Waals surface area contributed by atoms with E-state index in [4.69, 9.17) is 19.9 Å². The number of ether oxygens (including phenoxy) is 3. The van der Waals surface area contributed by atoms with Crippen LogP contribution in [-0.2, 0) is 30.3 Å². The van der Waals surface area contributed by atoms with Gasteiger partial charge < -0.3 is 25.3 Å². The van der Waals surface area contributed by atoms with Crippen LogP contribution in [0.15, 0.2) is 120 Å². The van der Waals surface area contributed by atoms with Crippen LogP contribution < -0.4 is 16.0 Å². The molecule has 0 radical (unpaired) electrons. The maximum absolute atomic E-state index is 13.7. The lowest BCUT2D eigenvalue weighted by atomic mass is 9.81. The number of nitriles is 2. The number of esters is 3. The number of nitrogens with zero attached hydrogens (tertiary/aromatic N) is 3. The van der Waals surface area contributed by atoms with Gasteiger partial charge in [-0.15, -0.1) is 0 Å². The Bertz CT molecular complexity index is 2090. The number of hydrogen-bond donors (Lipinski definition) is 2. The predicted molar refractivity (Wildman–Crippen MR) is 186 cm³/mol. The second kappa shape index (κ2) is 15.4. The van der Waals surface area contributed by atoms with E-state index >= 15 is 0 Å². The zero-order chi connectivity index (χ0) is 35.8. The van der Waals surface area contributed by atoms with Crippen molar-refractivity contribution in [3.8, 4) is 23.3 Å². The molecule has 0 fully saturated rings. The van der Waals surface area contributed by atoms with Gasteiger partial charge in [0.2, 0.25) is 0 Å². The van der Waals surface area contributed by atoms with Crippen LogP contribution in [0.5, 0.6) is 0 Å². The van der Waals surface area contributed by atoms with Gasteiger partial charge in [0.25, 0.3) is 0 Å². The molecule has 1 heterocycles. The molecule has 3 N–H and O–H groups in total. The minimum absolute atomic E-state index is 0.0232. The molecule has 11 nitrogen and oxygen atoms in total. The van der Waals surface area contributed by atoms with E-state index < -0.39 is 23.8 Å². The standard InChI is InChI=1S/C39H33N5O6/c1-4-50-37(45)29-15-10-16-31(34(29)43-23-24-17-19-25(20-18-24)28-14-9-8-13-27(28)21-40)44-35(39(47)49-3)33(38(46)48-2)32(30(22-41)36(44)42)26-11-6-5-7-12-26/h5-20,32,43H,4,23,42H2,1-3H3. The highest BCUT2D eigenvalue weighted by Crippen LogP contribution is 2.45. The first kappa shape index (κ1) is 34.5. The first-order valence-electron chi connectivity index (χ1n) is 15.6. The quantitative estimate of drug-likeness (QED) is 0.152. The summed E-state index contributed by atoms with van der Waals surface area (Å²) >= 11 is 0. The van der Waals surface area contributed by atoms with E-state index in [1.807, 2.05) is 36.4 Å². The number of hydrogen-bond acceptors (Lipinski definition) is 11. The molecule has 1 aliphatic rings. The number of carbonyl (C=O) groups is 3. The van der Waals surface area contributed by atoms with Crippen molar-refractivity contribution in [2.75, 3.05) is 31.0 Å². The fourth-order valence-corrected chi connectivity index (χ4v) is 5.88. The number of nitrogens with two attached hydrogens (primary N) is 1. The largest absolute Gasteiger partial charge is 0.466 e. The molecule has 0 amide bonds. The topological polar surface area (TPSA) is 168 Å². The lowest BCUT2D eigenvalue weighted by Gasteiger charge is -2.37. The first-order valence-corrected chi connectivity index (χ1v) is 15.6. The van der Waals surface area contributed by atoms with E-state index in [0.29, 0.717) is 11.1 Å². The minimum Gasteiger partial charge on any atom is -0.466 e. The monoisotopic (exact) mass is 667 g/mol. The highest BCUT2D eigenvalue weighted by Gasteiger charge is 2.43. The van der Waals surface area contributed by atoms with Gasteiger partial charge in [0, 0.05) is 6.54 Å². The molecular formula is C39H33N5O6. The Kier molecular flexibility index (Phi) is 10.6. The Labute approximate surface area is 289 Å². The second-order valence-electron chi connectivity index (χ2n) is 11.0. The molecule has 0 saturated carbocycles. The van der Waals surface area contributed by atoms with Crippen molar-refractivity contribution in [1.29, 1.82) is 10.5 Å². The fourth-order valence-electron chi connectivity index (χ4n) is 5.88. The zero-order valence-corrected chi connectivity index (χ0v) is 27.6. The summed E-state index contributed by atoms with van der Waals surface area (Å²) in [7, 11) is 2.33. The summed E-state index contributed by atoms with van der Waals surface area (Å²) in [5.74, 6) is -3.67. The number of carbonyl (C=O) groups excluding carboxylic acids is 3. The van der Waals surface area contributed by atoms with Gasteiger partial charge in [-0.2, -0.15) is 10.5 Å². The van der Waals surface area contributed by atoms with Crippen LogP contribution in [0, 0.1) is 22.7 Å². The summed E-state index contributed by atoms with van der Waals surface area (Å²) in [6.45, 7) is 1.97. The summed E-state index contributed by atoms with van der Waals surface area (Å²) in [5.41, 5.74) is 10.3. The Morgan fingerprint density at radius 2 is 1.50 bits per heavy atom. The molecule has 11 heteroatoms. The summed E-state index contributed by atoms with van der Waals surface area (Å²) in [5, 5.41) is 23.3. The number of methoxy groups -OCH3 is 2. The van der Waals surface area contributed by atoms with Crippen LogP contribution in [-0.4, -0.2) is 38.7 Å². The molecule has 4 aromatic carbocycles. The van der Waals surface area contributed by atoms with Crippen molar-refractivity contribution in [2.45, 2.75) is 19.4 Å². The molecule has 0 aromatic heterocycles. The Morgan fingerprint density at radius 1 is 0.820 bits per heavy atom. The summed E-state index contributed by atoms with van der Waals surface area (Å²) in [6, 6.07) is 32.6. The molecule has 5 rings (SSSR count). The van der Waals surface area contributed by atoms with Gasteiger partial charge >= 0.3 is 17.9 Å². The molecule has 1 aliphatic heterocycles. The van der Waals surface area contributed by atoms with Gasteiger partial charge in [-0.3, -0.25) is 4.90 Å². The lowest BCUT2D eigenvalue weighted by molar-refractivity contribution is -0.139. The Morgan fingerprint density at radius 3 is 2.14 bits per heavy atom. The lowest BCUT2D eigenvalue weighted by Crippen LogP contribution is -2.41. The van der Waals surface area contributed by atoms with Crippen molar-refractivity contribution in [3.63, 3.8) is 0 Å².